The largest absolute Gasteiger partial charge is 0.427 e. The quantitative estimate of drug-likeness (QED) is 0.454. The van der Waals surface area contributed by atoms with Crippen molar-refractivity contribution in [3.8, 4) is 11.3 Å². The molecule has 2 fully saturated rings. The summed E-state index contributed by atoms with van der Waals surface area (Å²) in [5, 5.41) is 3.25. The highest BCUT2D eigenvalue weighted by Gasteiger charge is 2.29. The number of rotatable bonds is 7. The predicted octanol–water partition coefficient (Wildman–Crippen LogP) is 5.31. The van der Waals surface area contributed by atoms with Crippen molar-refractivity contribution < 1.29 is 14.4 Å². The van der Waals surface area contributed by atoms with E-state index in [-0.39, 0.29) is 6.10 Å². The number of ether oxygens (including phenoxy) is 1. The molecular weight excluding hydrogens is 468 g/mol. The van der Waals surface area contributed by atoms with Crippen LogP contribution in [0.1, 0.15) is 70.2 Å². The van der Waals surface area contributed by atoms with Gasteiger partial charge < -0.3 is 14.1 Å². The third-order valence-corrected chi connectivity index (χ3v) is 7.14. The molecule has 35 heavy (non-hydrogen) atoms. The number of hydrogen-bond acceptors (Lipinski definition) is 7. The summed E-state index contributed by atoms with van der Waals surface area (Å²) in [6.45, 7) is 7.80. The monoisotopic (exact) mass is 498 g/mol. The molecule has 0 bridgehead atoms. The Morgan fingerprint density at radius 1 is 1.23 bits per heavy atom. The smallest absolute Gasteiger partial charge is 0.371 e. The highest BCUT2D eigenvalue weighted by atomic mass is 35.5. The minimum Gasteiger partial charge on any atom is -0.371 e. The lowest BCUT2D eigenvalue weighted by molar-refractivity contribution is 0.0667. The van der Waals surface area contributed by atoms with Crippen molar-refractivity contribution in [2.24, 2.45) is 11.8 Å². The average molecular weight is 499 g/mol. The van der Waals surface area contributed by atoms with Gasteiger partial charge in [0.2, 0.25) is 0 Å². The van der Waals surface area contributed by atoms with E-state index in [2.05, 4.69) is 27.3 Å². The lowest BCUT2D eigenvalue weighted by Crippen LogP contribution is -2.23. The van der Waals surface area contributed by atoms with E-state index in [9.17, 15) is 4.79 Å². The molecule has 2 N–H and O–H groups in total. The first-order valence-electron chi connectivity index (χ1n) is 12.3. The maximum atomic E-state index is 11.7. The van der Waals surface area contributed by atoms with Gasteiger partial charge in [-0.2, -0.15) is 0 Å². The van der Waals surface area contributed by atoms with Gasteiger partial charge in [-0.15, -0.1) is 5.48 Å². The number of nitrogens with one attached hydrogen (secondary N) is 2. The highest BCUT2D eigenvalue weighted by Crippen LogP contribution is 2.36. The van der Waals surface area contributed by atoms with E-state index in [0.717, 1.165) is 34.9 Å². The zero-order valence-corrected chi connectivity index (χ0v) is 21.0. The molecule has 1 aliphatic heterocycles. The van der Waals surface area contributed by atoms with Crippen molar-refractivity contribution in [3.63, 3.8) is 0 Å². The predicted molar refractivity (Wildman–Crippen MR) is 132 cm³/mol. The van der Waals surface area contributed by atoms with Crippen LogP contribution in [0.2, 0.25) is 5.02 Å². The number of imidazole rings is 1. The summed E-state index contributed by atoms with van der Waals surface area (Å²) < 4.78 is 8.26. The van der Waals surface area contributed by atoms with Crippen LogP contribution >= 0.6 is 11.6 Å². The van der Waals surface area contributed by atoms with Crippen molar-refractivity contribution in [3.05, 3.63) is 41.1 Å². The van der Waals surface area contributed by atoms with E-state index in [4.69, 9.17) is 31.1 Å². The second-order valence-electron chi connectivity index (χ2n) is 9.54. The molecule has 2 aliphatic rings. The van der Waals surface area contributed by atoms with Gasteiger partial charge in [0.05, 0.1) is 27.4 Å². The zero-order valence-electron chi connectivity index (χ0n) is 20.3. The van der Waals surface area contributed by atoms with E-state index in [1.165, 1.54) is 25.7 Å². The minimum absolute atomic E-state index is 0.184. The van der Waals surface area contributed by atoms with E-state index in [1.54, 1.807) is 12.4 Å². The van der Waals surface area contributed by atoms with Gasteiger partial charge >= 0.3 is 6.09 Å². The van der Waals surface area contributed by atoms with Gasteiger partial charge in [0, 0.05) is 31.1 Å². The summed E-state index contributed by atoms with van der Waals surface area (Å²) >= 11 is 6.32. The standard InChI is InChI=1S/C25H31ClN6O3/c1-4-34-15(3)24-29-19-10-20(23-30-25(33)35-31-23)28-21(17-9-18(26)12-27-11-17)22(19)32(24)13-16-7-5-14(2)6-8-16/h9-12,14-16,23,31H,4-8,13H2,1-3H3,(H,30,33). The molecule has 9 nitrogen and oxygen atoms in total. The van der Waals surface area contributed by atoms with E-state index in [0.29, 0.717) is 28.9 Å². The Morgan fingerprint density at radius 3 is 2.71 bits per heavy atom. The first-order chi connectivity index (χ1) is 16.9. The van der Waals surface area contributed by atoms with Crippen LogP contribution < -0.4 is 10.8 Å². The highest BCUT2D eigenvalue weighted by molar-refractivity contribution is 6.30. The Balaban J connectivity index is 1.68. The number of hydroxylamine groups is 1. The molecule has 5 rings (SSSR count). The molecular formula is C25H31ClN6O3. The summed E-state index contributed by atoms with van der Waals surface area (Å²) in [7, 11) is 0. The molecule has 0 radical (unpaired) electrons. The topological polar surface area (TPSA) is 103 Å². The minimum atomic E-state index is -0.587. The van der Waals surface area contributed by atoms with Crippen LogP contribution in [0.5, 0.6) is 0 Å². The first kappa shape index (κ1) is 24.0. The lowest BCUT2D eigenvalue weighted by atomic mass is 9.83. The van der Waals surface area contributed by atoms with Crippen LogP contribution in [0.25, 0.3) is 22.3 Å². The van der Waals surface area contributed by atoms with Crippen LogP contribution in [0.4, 0.5) is 4.79 Å². The fourth-order valence-electron chi connectivity index (χ4n) is 5.10. The number of carbonyl (C=O) groups excluding carboxylic acids is 1. The number of fused-ring (bicyclic) bond motifs is 1. The Morgan fingerprint density at radius 2 is 2.03 bits per heavy atom. The summed E-state index contributed by atoms with van der Waals surface area (Å²) in [4.78, 5) is 30.8. The maximum Gasteiger partial charge on any atom is 0.427 e. The number of aromatic nitrogens is 4. The van der Waals surface area contributed by atoms with Crippen LogP contribution in [0.3, 0.4) is 0 Å². The summed E-state index contributed by atoms with van der Waals surface area (Å²) in [6, 6.07) is 3.74. The number of carbonyl (C=O) groups is 1. The van der Waals surface area contributed by atoms with Crippen LogP contribution in [0.15, 0.2) is 24.5 Å². The van der Waals surface area contributed by atoms with Crippen LogP contribution in [0, 0.1) is 11.8 Å². The second kappa shape index (κ2) is 10.1. The van der Waals surface area contributed by atoms with Gasteiger partial charge in [-0.25, -0.2) is 14.8 Å². The van der Waals surface area contributed by atoms with Crippen LogP contribution in [-0.2, 0) is 16.1 Å². The molecule has 2 atom stereocenters. The fourth-order valence-corrected chi connectivity index (χ4v) is 5.27. The van der Waals surface area contributed by atoms with E-state index < -0.39 is 12.3 Å². The van der Waals surface area contributed by atoms with Crippen molar-refractivity contribution >= 4 is 28.7 Å². The molecule has 0 aromatic carbocycles. The summed E-state index contributed by atoms with van der Waals surface area (Å²) in [6.07, 6.45) is 6.90. The Hall–Kier alpha value is -2.75. The summed E-state index contributed by atoms with van der Waals surface area (Å²) in [5.74, 6) is 2.21. The number of hydrogen-bond donors (Lipinski definition) is 2. The molecule has 4 heterocycles. The number of halogens is 1. The number of pyridine rings is 2. The van der Waals surface area contributed by atoms with Gasteiger partial charge in [-0.05, 0) is 50.7 Å². The molecule has 2 unspecified atom stereocenters. The molecule has 1 saturated heterocycles. The third-order valence-electron chi connectivity index (χ3n) is 6.94. The Bertz CT molecular complexity index is 1220. The van der Waals surface area contributed by atoms with Gasteiger partial charge in [-0.3, -0.25) is 10.3 Å². The molecule has 0 spiro atoms. The van der Waals surface area contributed by atoms with Gasteiger partial charge in [0.1, 0.15) is 11.9 Å². The van der Waals surface area contributed by atoms with Gasteiger partial charge in [0.25, 0.3) is 0 Å². The van der Waals surface area contributed by atoms with Gasteiger partial charge in [-0.1, -0.05) is 31.4 Å². The molecule has 186 valence electrons. The number of nitrogens with zero attached hydrogens (tertiary/aromatic N) is 4. The SMILES string of the molecule is CCOC(C)c1nc2cc(C3NOC(=O)N3)nc(-c3cncc(Cl)c3)c2n1CC1CCC(C)CC1. The first-order valence-corrected chi connectivity index (χ1v) is 12.7. The van der Waals surface area contributed by atoms with Crippen molar-refractivity contribution in [1.29, 1.82) is 0 Å². The third kappa shape index (κ3) is 4.98. The number of amides is 1. The van der Waals surface area contributed by atoms with Gasteiger partial charge in [0.15, 0.2) is 6.17 Å². The fraction of sp³-hybridized carbons (Fsp3) is 0.520. The van der Waals surface area contributed by atoms with E-state index in [1.807, 2.05) is 26.0 Å². The lowest BCUT2D eigenvalue weighted by Gasteiger charge is -2.28. The van der Waals surface area contributed by atoms with Crippen molar-refractivity contribution in [1.82, 2.24) is 30.3 Å². The second-order valence-corrected chi connectivity index (χ2v) is 9.98. The normalized spacial score (nSPS) is 23.3. The van der Waals surface area contributed by atoms with Crippen molar-refractivity contribution in [2.75, 3.05) is 6.61 Å². The molecule has 3 aromatic heterocycles. The molecule has 1 saturated carbocycles. The molecule has 1 aliphatic carbocycles. The molecule has 10 heteroatoms. The average Bonchev–Trinajstić information content (AvgIpc) is 3.44. The Kier molecular flexibility index (Phi) is 6.91. The summed E-state index contributed by atoms with van der Waals surface area (Å²) in [5.41, 5.74) is 6.46. The zero-order chi connectivity index (χ0) is 24.5. The maximum absolute atomic E-state index is 11.7. The van der Waals surface area contributed by atoms with Crippen LogP contribution in [-0.4, -0.2) is 32.2 Å². The molecule has 1 amide bonds. The van der Waals surface area contributed by atoms with E-state index >= 15 is 0 Å². The van der Waals surface area contributed by atoms with Crippen molar-refractivity contribution in [2.45, 2.75) is 65.3 Å². The molecule has 3 aromatic rings. The Labute approximate surface area is 209 Å².